The van der Waals surface area contributed by atoms with E-state index in [2.05, 4.69) is 73.4 Å². The second-order valence-electron chi connectivity index (χ2n) is 11.5. The van der Waals surface area contributed by atoms with Crippen molar-refractivity contribution in [3.63, 3.8) is 0 Å². The fourth-order valence-electron chi connectivity index (χ4n) is 5.79. The van der Waals surface area contributed by atoms with E-state index in [-0.39, 0.29) is 0 Å². The molecule has 0 atom stereocenters. The summed E-state index contributed by atoms with van der Waals surface area (Å²) in [5.74, 6) is 0.494. The lowest BCUT2D eigenvalue weighted by Crippen LogP contribution is -2.20. The molecule has 5 nitrogen and oxygen atoms in total. The summed E-state index contributed by atoms with van der Waals surface area (Å²) in [4.78, 5) is 6.94. The molecule has 0 bridgehead atoms. The van der Waals surface area contributed by atoms with Gasteiger partial charge in [0.25, 0.3) is 0 Å². The maximum Gasteiger partial charge on any atom is 0.245 e. The van der Waals surface area contributed by atoms with E-state index >= 15 is 0 Å². The first kappa shape index (κ1) is 32.0. The molecule has 0 amide bonds. The molecule has 4 aromatic rings. The minimum absolute atomic E-state index is 0.329. The largest absolute Gasteiger partial charge is 0.323 e. The Bertz CT molecular complexity index is 1370. The Morgan fingerprint density at radius 2 is 1.71 bits per heavy atom. The molecule has 7 heteroatoms. The predicted octanol–water partition coefficient (Wildman–Crippen LogP) is 10.1. The molecule has 2 heterocycles. The number of anilines is 2. The van der Waals surface area contributed by atoms with Gasteiger partial charge >= 0.3 is 0 Å². The molecule has 42 heavy (non-hydrogen) atoms. The van der Waals surface area contributed by atoms with Crippen LogP contribution in [0.15, 0.2) is 54.7 Å². The van der Waals surface area contributed by atoms with Gasteiger partial charge in [0.1, 0.15) is 5.82 Å². The summed E-state index contributed by atoms with van der Waals surface area (Å²) in [6.45, 7) is 9.18. The number of rotatable bonds is 11. The van der Waals surface area contributed by atoms with Gasteiger partial charge in [0.15, 0.2) is 0 Å². The predicted molar refractivity (Wildman–Crippen MR) is 176 cm³/mol. The molecule has 0 radical (unpaired) electrons. The molecule has 0 unspecified atom stereocenters. The number of nitrogens with one attached hydrogen (secondary N) is 1. The Balaban J connectivity index is 0.000000349. The number of halogens is 2. The molecule has 2 aromatic heterocycles. The number of unbranched alkanes of at least 4 members (excludes halogenated alkanes) is 2. The zero-order valence-electron chi connectivity index (χ0n) is 25.8. The maximum absolute atomic E-state index is 13.8. The van der Waals surface area contributed by atoms with Crippen molar-refractivity contribution in [3.05, 3.63) is 76.8 Å². The van der Waals surface area contributed by atoms with Crippen LogP contribution in [0.1, 0.15) is 95.7 Å². The average Bonchev–Trinajstić information content (AvgIpc) is 3.37. The molecule has 2 aromatic carbocycles. The summed E-state index contributed by atoms with van der Waals surface area (Å²) in [7, 11) is 2.21. The number of hydrogen-bond donors (Lipinski definition) is 1. The van der Waals surface area contributed by atoms with Gasteiger partial charge in [0.2, 0.25) is 5.95 Å². The van der Waals surface area contributed by atoms with Gasteiger partial charge in [0, 0.05) is 27.9 Å². The van der Waals surface area contributed by atoms with E-state index in [1.807, 2.05) is 10.7 Å². The van der Waals surface area contributed by atoms with Crippen molar-refractivity contribution >= 4 is 28.8 Å². The molecule has 1 N–H and O–H groups in total. The Morgan fingerprint density at radius 1 is 0.952 bits per heavy atom. The van der Waals surface area contributed by atoms with E-state index in [9.17, 15) is 4.39 Å². The van der Waals surface area contributed by atoms with Crippen LogP contribution in [0.2, 0.25) is 5.02 Å². The van der Waals surface area contributed by atoms with E-state index in [4.69, 9.17) is 16.7 Å². The summed E-state index contributed by atoms with van der Waals surface area (Å²) < 4.78 is 15.8. The fraction of sp³-hybridized carbons (Fsp3) is 0.486. The second-order valence-corrected chi connectivity index (χ2v) is 12.0. The van der Waals surface area contributed by atoms with E-state index < -0.39 is 5.82 Å². The first-order valence-corrected chi connectivity index (χ1v) is 16.2. The first-order valence-electron chi connectivity index (χ1n) is 15.8. The zero-order chi connectivity index (χ0) is 29.9. The number of hydrogen-bond acceptors (Lipinski definition) is 4. The van der Waals surface area contributed by atoms with Crippen molar-refractivity contribution in [3.8, 4) is 11.1 Å². The monoisotopic (exact) mass is 591 g/mol. The topological polar surface area (TPSA) is 45.5 Å². The highest BCUT2D eigenvalue weighted by Crippen LogP contribution is 2.37. The van der Waals surface area contributed by atoms with Gasteiger partial charge in [-0.15, -0.1) is 5.10 Å². The number of fused-ring (bicyclic) bond motifs is 1. The van der Waals surface area contributed by atoms with Crippen LogP contribution in [0.5, 0.6) is 0 Å². The summed E-state index contributed by atoms with van der Waals surface area (Å²) in [5, 5.41) is 8.25. The summed E-state index contributed by atoms with van der Waals surface area (Å²) in [6.07, 6.45) is 14.4. The molecule has 1 aliphatic rings. The average molecular weight is 592 g/mol. The van der Waals surface area contributed by atoms with Crippen molar-refractivity contribution in [2.45, 2.75) is 90.9 Å². The van der Waals surface area contributed by atoms with Gasteiger partial charge in [-0.2, -0.15) is 0 Å². The maximum atomic E-state index is 13.8. The van der Waals surface area contributed by atoms with Gasteiger partial charge in [-0.3, -0.25) is 0 Å². The quantitative estimate of drug-likeness (QED) is 0.176. The molecule has 5 rings (SSSR count). The SMILES string of the molecule is CCCCCN(C)CCC.CCc1ccc(-c2cc(C3CCCCC3)n3nc(Nc4cc(F)cc(Cl)c4)ncc23)cc1. The van der Waals surface area contributed by atoms with Crippen LogP contribution < -0.4 is 5.32 Å². The molecule has 1 saturated carbocycles. The molecular weight excluding hydrogens is 545 g/mol. The Labute approximate surface area is 256 Å². The third kappa shape index (κ3) is 8.78. The molecule has 1 aliphatic carbocycles. The van der Waals surface area contributed by atoms with Crippen LogP contribution in [-0.4, -0.2) is 39.6 Å². The zero-order valence-corrected chi connectivity index (χ0v) is 26.6. The van der Waals surface area contributed by atoms with Crippen molar-refractivity contribution in [2.24, 2.45) is 0 Å². The van der Waals surface area contributed by atoms with Gasteiger partial charge in [-0.1, -0.05) is 88.7 Å². The standard InChI is InChI=1S/C26H26ClFN4.C9H21N/c1-2-17-8-10-18(11-9-17)23-15-24(19-6-4-3-5-7-19)32-25(23)16-29-26(31-32)30-22-13-20(27)12-21(28)14-22;1-4-6-7-9-10(3)8-5-2/h8-16,19H,2-7H2,1H3,(H,30,31);4-9H2,1-3H3. The van der Waals surface area contributed by atoms with Crippen LogP contribution >= 0.6 is 11.6 Å². The number of aryl methyl sites for hydroxylation is 1. The number of benzene rings is 2. The number of nitrogens with zero attached hydrogens (tertiary/aromatic N) is 4. The Kier molecular flexibility index (Phi) is 12.2. The molecular formula is C35H47ClFN5. The van der Waals surface area contributed by atoms with Crippen molar-refractivity contribution < 1.29 is 4.39 Å². The highest BCUT2D eigenvalue weighted by atomic mass is 35.5. The van der Waals surface area contributed by atoms with E-state index in [0.717, 1.165) is 17.5 Å². The minimum Gasteiger partial charge on any atom is -0.323 e. The van der Waals surface area contributed by atoms with Crippen LogP contribution in [-0.2, 0) is 6.42 Å². The van der Waals surface area contributed by atoms with E-state index in [0.29, 0.717) is 22.6 Å². The smallest absolute Gasteiger partial charge is 0.245 e. The Hall–Kier alpha value is -2.96. The van der Waals surface area contributed by atoms with Gasteiger partial charge < -0.3 is 10.2 Å². The van der Waals surface area contributed by atoms with Crippen LogP contribution in [0.25, 0.3) is 16.6 Å². The summed E-state index contributed by atoms with van der Waals surface area (Å²) in [5.41, 5.74) is 6.36. The van der Waals surface area contributed by atoms with Gasteiger partial charge in [0.05, 0.1) is 11.7 Å². The van der Waals surface area contributed by atoms with Gasteiger partial charge in [-0.05, 0) is 87.6 Å². The lowest BCUT2D eigenvalue weighted by molar-refractivity contribution is 0.326. The Morgan fingerprint density at radius 3 is 2.38 bits per heavy atom. The second kappa shape index (κ2) is 16.0. The third-order valence-corrected chi connectivity index (χ3v) is 8.33. The normalized spacial score (nSPS) is 13.8. The van der Waals surface area contributed by atoms with Crippen molar-refractivity contribution in [1.82, 2.24) is 19.5 Å². The molecule has 0 spiro atoms. The lowest BCUT2D eigenvalue weighted by atomic mass is 9.87. The van der Waals surface area contributed by atoms with Crippen molar-refractivity contribution in [2.75, 3.05) is 25.5 Å². The molecule has 0 aliphatic heterocycles. The summed E-state index contributed by atoms with van der Waals surface area (Å²) >= 11 is 6.00. The molecule has 226 valence electrons. The van der Waals surface area contributed by atoms with Crippen LogP contribution in [0.3, 0.4) is 0 Å². The molecule has 0 saturated heterocycles. The van der Waals surface area contributed by atoms with E-state index in [1.54, 1.807) is 6.07 Å². The minimum atomic E-state index is -0.400. The summed E-state index contributed by atoms with van der Waals surface area (Å²) in [6, 6.07) is 15.3. The number of aromatic nitrogens is 3. The van der Waals surface area contributed by atoms with Crippen LogP contribution in [0.4, 0.5) is 16.0 Å². The first-order chi connectivity index (χ1) is 20.4. The van der Waals surface area contributed by atoms with Crippen LogP contribution in [0, 0.1) is 5.82 Å². The molecule has 1 fully saturated rings. The van der Waals surface area contributed by atoms with Gasteiger partial charge in [-0.25, -0.2) is 13.9 Å². The third-order valence-electron chi connectivity index (χ3n) is 8.11. The highest BCUT2D eigenvalue weighted by Gasteiger charge is 2.22. The van der Waals surface area contributed by atoms with Crippen molar-refractivity contribution in [1.29, 1.82) is 0 Å². The lowest BCUT2D eigenvalue weighted by Gasteiger charge is -2.21. The highest BCUT2D eigenvalue weighted by molar-refractivity contribution is 6.30. The fourth-order valence-corrected chi connectivity index (χ4v) is 6.01. The van der Waals surface area contributed by atoms with E-state index in [1.165, 1.54) is 99.8 Å².